The van der Waals surface area contributed by atoms with E-state index in [-0.39, 0.29) is 24.2 Å². The van der Waals surface area contributed by atoms with Gasteiger partial charge in [0.05, 0.1) is 0 Å². The second-order valence-electron chi connectivity index (χ2n) is 3.90. The molecule has 1 atom stereocenters. The molecule has 0 aliphatic rings. The van der Waals surface area contributed by atoms with Gasteiger partial charge >= 0.3 is 0 Å². The highest BCUT2D eigenvalue weighted by molar-refractivity contribution is 7.14. The van der Waals surface area contributed by atoms with Crippen molar-refractivity contribution in [1.29, 1.82) is 0 Å². The first-order valence-corrected chi connectivity index (χ1v) is 6.42. The van der Waals surface area contributed by atoms with Crippen LogP contribution in [-0.4, -0.2) is 22.7 Å². The number of carbonyl (C=O) groups is 2. The summed E-state index contributed by atoms with van der Waals surface area (Å²) < 4.78 is 0. The average Bonchev–Trinajstić information content (AvgIpc) is 2.66. The number of amides is 1. The summed E-state index contributed by atoms with van der Waals surface area (Å²) in [5.74, 6) is -0.264. The molecule has 17 heavy (non-hydrogen) atoms. The Kier molecular flexibility index (Phi) is 5.24. The van der Waals surface area contributed by atoms with Gasteiger partial charge in [0.25, 0.3) is 0 Å². The van der Waals surface area contributed by atoms with E-state index in [9.17, 15) is 9.59 Å². The Bertz CT molecular complexity index is 403. The number of aromatic nitrogens is 1. The summed E-state index contributed by atoms with van der Waals surface area (Å²) >= 11 is 1.24. The Morgan fingerprint density at radius 2 is 2.29 bits per heavy atom. The number of nitrogens with zero attached hydrogens (tertiary/aromatic N) is 1. The molecule has 1 heterocycles. The van der Waals surface area contributed by atoms with Gasteiger partial charge in [-0.3, -0.25) is 9.59 Å². The van der Waals surface area contributed by atoms with Crippen molar-refractivity contribution in [3.8, 4) is 0 Å². The van der Waals surface area contributed by atoms with Crippen LogP contribution in [0.1, 0.15) is 43.6 Å². The largest absolute Gasteiger partial charge is 0.327 e. The predicted molar refractivity (Wildman–Crippen MR) is 68.2 cm³/mol. The molecular formula is C11H17N3O2S. The van der Waals surface area contributed by atoms with Gasteiger partial charge in [-0.25, -0.2) is 4.98 Å². The highest BCUT2D eigenvalue weighted by Crippen LogP contribution is 2.16. The van der Waals surface area contributed by atoms with E-state index >= 15 is 0 Å². The van der Waals surface area contributed by atoms with Crippen molar-refractivity contribution in [2.45, 2.75) is 39.2 Å². The lowest BCUT2D eigenvalue weighted by Gasteiger charge is -2.08. The maximum Gasteiger partial charge on any atom is 0.227 e. The number of nitrogens with two attached hydrogens (primary N) is 1. The van der Waals surface area contributed by atoms with E-state index in [0.29, 0.717) is 10.8 Å². The zero-order chi connectivity index (χ0) is 12.8. The fraction of sp³-hybridized carbons (Fsp3) is 0.545. The van der Waals surface area contributed by atoms with E-state index in [1.54, 1.807) is 5.38 Å². The number of Topliss-reactive ketones (excluding diaryl/α,β-unsaturated/α-hetero) is 1. The van der Waals surface area contributed by atoms with Gasteiger partial charge in [-0.2, -0.15) is 0 Å². The number of rotatable bonds is 6. The Morgan fingerprint density at radius 1 is 1.59 bits per heavy atom. The minimum absolute atomic E-state index is 0.107. The zero-order valence-corrected chi connectivity index (χ0v) is 10.8. The van der Waals surface area contributed by atoms with Gasteiger partial charge in [-0.05, 0) is 6.42 Å². The number of nitrogens with one attached hydrogen (secondary N) is 1. The summed E-state index contributed by atoms with van der Waals surface area (Å²) in [5, 5.41) is 4.72. The first-order valence-electron chi connectivity index (χ1n) is 5.54. The molecule has 0 saturated heterocycles. The number of anilines is 1. The van der Waals surface area contributed by atoms with E-state index in [1.165, 1.54) is 18.3 Å². The van der Waals surface area contributed by atoms with Crippen molar-refractivity contribution < 1.29 is 9.59 Å². The Labute approximate surface area is 104 Å². The van der Waals surface area contributed by atoms with Crippen LogP contribution in [0.2, 0.25) is 0 Å². The summed E-state index contributed by atoms with van der Waals surface area (Å²) in [4.78, 5) is 26.6. The summed E-state index contributed by atoms with van der Waals surface area (Å²) in [5.41, 5.74) is 6.14. The molecule has 0 bridgehead atoms. The molecule has 0 saturated carbocycles. The lowest BCUT2D eigenvalue weighted by Crippen LogP contribution is -2.26. The molecule has 1 aromatic rings. The summed E-state index contributed by atoms with van der Waals surface area (Å²) in [7, 11) is 0. The molecule has 6 heteroatoms. The number of ketones is 1. The lowest BCUT2D eigenvalue weighted by atomic mass is 10.1. The molecular weight excluding hydrogens is 238 g/mol. The van der Waals surface area contributed by atoms with Gasteiger partial charge in [0.1, 0.15) is 5.69 Å². The fourth-order valence-electron chi connectivity index (χ4n) is 1.37. The summed E-state index contributed by atoms with van der Waals surface area (Å²) in [6, 6.07) is -0.118. The van der Waals surface area contributed by atoms with Crippen molar-refractivity contribution in [3.63, 3.8) is 0 Å². The molecule has 1 unspecified atom stereocenters. The fourth-order valence-corrected chi connectivity index (χ4v) is 2.14. The molecule has 0 fully saturated rings. The van der Waals surface area contributed by atoms with Gasteiger partial charge in [0.15, 0.2) is 10.9 Å². The van der Waals surface area contributed by atoms with Crippen LogP contribution in [0.3, 0.4) is 0 Å². The second kappa shape index (κ2) is 6.46. The SMILES string of the molecule is CCCC(N)CC(=O)Nc1nc(C(C)=O)cs1. The number of hydrogen-bond acceptors (Lipinski definition) is 5. The van der Waals surface area contributed by atoms with Crippen molar-refractivity contribution in [2.75, 3.05) is 5.32 Å². The highest BCUT2D eigenvalue weighted by Gasteiger charge is 2.11. The minimum atomic E-state index is -0.157. The average molecular weight is 255 g/mol. The number of thiazole rings is 1. The Hall–Kier alpha value is -1.27. The van der Waals surface area contributed by atoms with Gasteiger partial charge in [0.2, 0.25) is 5.91 Å². The van der Waals surface area contributed by atoms with E-state index in [0.717, 1.165) is 12.8 Å². The monoisotopic (exact) mass is 255 g/mol. The van der Waals surface area contributed by atoms with Gasteiger partial charge in [-0.1, -0.05) is 13.3 Å². The van der Waals surface area contributed by atoms with Gasteiger partial charge in [0, 0.05) is 24.8 Å². The molecule has 1 aromatic heterocycles. The first kappa shape index (κ1) is 13.8. The smallest absolute Gasteiger partial charge is 0.227 e. The molecule has 1 rings (SSSR count). The van der Waals surface area contributed by atoms with Crippen molar-refractivity contribution in [1.82, 2.24) is 4.98 Å². The standard InChI is InChI=1S/C11H17N3O2S/c1-3-4-8(12)5-10(16)14-11-13-9(6-17-11)7(2)15/h6,8H,3-5,12H2,1-2H3,(H,13,14,16). The normalized spacial score (nSPS) is 12.2. The molecule has 5 nitrogen and oxygen atoms in total. The quantitative estimate of drug-likeness (QED) is 0.759. The zero-order valence-electron chi connectivity index (χ0n) is 10.0. The van der Waals surface area contributed by atoms with E-state index in [4.69, 9.17) is 5.73 Å². The maximum absolute atomic E-state index is 11.6. The third kappa shape index (κ3) is 4.62. The molecule has 3 N–H and O–H groups in total. The lowest BCUT2D eigenvalue weighted by molar-refractivity contribution is -0.116. The molecule has 0 radical (unpaired) electrons. The predicted octanol–water partition coefficient (Wildman–Crippen LogP) is 1.80. The van der Waals surface area contributed by atoms with E-state index < -0.39 is 0 Å². The molecule has 0 spiro atoms. The summed E-state index contributed by atoms with van der Waals surface area (Å²) in [6.45, 7) is 3.47. The van der Waals surface area contributed by atoms with Crippen LogP contribution in [0.15, 0.2) is 5.38 Å². The molecule has 0 aliphatic heterocycles. The van der Waals surface area contributed by atoms with Crippen LogP contribution >= 0.6 is 11.3 Å². The minimum Gasteiger partial charge on any atom is -0.327 e. The van der Waals surface area contributed by atoms with Crippen LogP contribution in [-0.2, 0) is 4.79 Å². The van der Waals surface area contributed by atoms with Crippen LogP contribution < -0.4 is 11.1 Å². The summed E-state index contributed by atoms with van der Waals surface area (Å²) in [6.07, 6.45) is 2.06. The van der Waals surface area contributed by atoms with Crippen LogP contribution in [0.4, 0.5) is 5.13 Å². The number of hydrogen-bond donors (Lipinski definition) is 2. The molecule has 0 aliphatic carbocycles. The van der Waals surface area contributed by atoms with Crippen LogP contribution in [0.5, 0.6) is 0 Å². The van der Waals surface area contributed by atoms with Crippen molar-refractivity contribution in [3.05, 3.63) is 11.1 Å². The van der Waals surface area contributed by atoms with Crippen molar-refractivity contribution in [2.24, 2.45) is 5.73 Å². The van der Waals surface area contributed by atoms with E-state index in [1.807, 2.05) is 6.92 Å². The van der Waals surface area contributed by atoms with E-state index in [2.05, 4.69) is 10.3 Å². The first-order chi connectivity index (χ1) is 8.02. The third-order valence-corrected chi connectivity index (χ3v) is 2.98. The topological polar surface area (TPSA) is 85.1 Å². The Morgan fingerprint density at radius 3 is 2.82 bits per heavy atom. The Balaban J connectivity index is 2.47. The third-order valence-electron chi connectivity index (χ3n) is 2.22. The van der Waals surface area contributed by atoms with Crippen molar-refractivity contribution >= 4 is 28.2 Å². The molecule has 94 valence electrons. The highest BCUT2D eigenvalue weighted by atomic mass is 32.1. The molecule has 1 amide bonds. The van der Waals surface area contributed by atoms with Gasteiger partial charge in [-0.15, -0.1) is 11.3 Å². The second-order valence-corrected chi connectivity index (χ2v) is 4.75. The maximum atomic E-state index is 11.6. The number of carbonyl (C=O) groups excluding carboxylic acids is 2. The van der Waals surface area contributed by atoms with Crippen LogP contribution in [0.25, 0.3) is 0 Å². The van der Waals surface area contributed by atoms with Crippen LogP contribution in [0, 0.1) is 0 Å². The molecule has 0 aromatic carbocycles. The van der Waals surface area contributed by atoms with Gasteiger partial charge < -0.3 is 11.1 Å².